The van der Waals surface area contributed by atoms with Gasteiger partial charge in [0.25, 0.3) is 15.9 Å². The van der Waals surface area contributed by atoms with Crippen LogP contribution in [0.25, 0.3) is 5.69 Å². The maximum atomic E-state index is 13.2. The maximum absolute atomic E-state index is 13.2. The second-order valence-corrected chi connectivity index (χ2v) is 8.83. The van der Waals surface area contributed by atoms with Gasteiger partial charge in [0.1, 0.15) is 15.6 Å². The van der Waals surface area contributed by atoms with Gasteiger partial charge in [0.15, 0.2) is 0 Å². The first-order valence-electron chi connectivity index (χ1n) is 8.58. The van der Waals surface area contributed by atoms with Crippen LogP contribution >= 0.6 is 11.3 Å². The normalized spacial score (nSPS) is 11.3. The molecule has 8 nitrogen and oxygen atoms in total. The molecule has 0 radical (unpaired) electrons. The lowest BCUT2D eigenvalue weighted by Gasteiger charge is -2.11. The zero-order valence-corrected chi connectivity index (χ0v) is 17.9. The largest absolute Gasteiger partial charge is 0.465 e. The number of hydrogen-bond donors (Lipinski definition) is 2. The molecule has 0 saturated carbocycles. The summed E-state index contributed by atoms with van der Waals surface area (Å²) >= 11 is 0.910. The van der Waals surface area contributed by atoms with Gasteiger partial charge in [0.2, 0.25) is 0 Å². The molecule has 0 saturated heterocycles. The van der Waals surface area contributed by atoms with Crippen molar-refractivity contribution in [1.29, 1.82) is 0 Å². The molecule has 0 aliphatic carbocycles. The summed E-state index contributed by atoms with van der Waals surface area (Å²) in [5, 5.41) is 1.43. The Balaban J connectivity index is 1.82. The molecule has 0 bridgehead atoms. The number of thiophene rings is 1. The number of hydrogen-bond acceptors (Lipinski definition) is 6. The van der Waals surface area contributed by atoms with Crippen molar-refractivity contribution in [2.45, 2.75) is 18.7 Å². The standard InChI is InChI=1S/C19H18FN3O5S2/c1-11-10-15(12(2)23(11)14-6-4-13(20)5-7-14)18(24)21-22-30(26,27)16-8-9-29-17(16)19(25)28-3/h4-10,22H,1-3H3,(H,21,24). The van der Waals surface area contributed by atoms with Crippen molar-refractivity contribution in [3.63, 3.8) is 0 Å². The van der Waals surface area contributed by atoms with Crippen LogP contribution in [0.2, 0.25) is 0 Å². The highest BCUT2D eigenvalue weighted by atomic mass is 32.2. The number of nitrogens with one attached hydrogen (secondary N) is 2. The van der Waals surface area contributed by atoms with E-state index in [2.05, 4.69) is 10.2 Å². The molecule has 2 aromatic heterocycles. The number of carbonyl (C=O) groups is 2. The molecule has 3 rings (SSSR count). The van der Waals surface area contributed by atoms with Crippen LogP contribution in [0, 0.1) is 19.7 Å². The van der Waals surface area contributed by atoms with Gasteiger partial charge in [-0.1, -0.05) is 0 Å². The van der Waals surface area contributed by atoms with Crippen LogP contribution in [-0.4, -0.2) is 32.0 Å². The lowest BCUT2D eigenvalue weighted by Crippen LogP contribution is -2.42. The Morgan fingerprint density at radius 2 is 1.80 bits per heavy atom. The van der Waals surface area contributed by atoms with E-state index in [9.17, 15) is 22.4 Å². The molecule has 1 aromatic carbocycles. The van der Waals surface area contributed by atoms with E-state index in [1.165, 1.54) is 23.6 Å². The number of aryl methyl sites for hydroxylation is 1. The first kappa shape index (κ1) is 21.7. The molecule has 158 valence electrons. The van der Waals surface area contributed by atoms with E-state index in [4.69, 9.17) is 0 Å². The third kappa shape index (κ3) is 4.13. The summed E-state index contributed by atoms with van der Waals surface area (Å²) in [7, 11) is -3.06. The van der Waals surface area contributed by atoms with Gasteiger partial charge in [0, 0.05) is 17.1 Å². The number of rotatable bonds is 6. The van der Waals surface area contributed by atoms with Gasteiger partial charge in [-0.3, -0.25) is 10.2 Å². The summed E-state index contributed by atoms with van der Waals surface area (Å²) < 4.78 is 44.5. The average Bonchev–Trinajstić information content (AvgIpc) is 3.32. The van der Waals surface area contributed by atoms with E-state index in [0.717, 1.165) is 18.4 Å². The van der Waals surface area contributed by atoms with Crippen molar-refractivity contribution in [2.24, 2.45) is 0 Å². The van der Waals surface area contributed by atoms with Crippen molar-refractivity contribution in [2.75, 3.05) is 7.11 Å². The third-order valence-corrected chi connectivity index (χ3v) is 6.66. The molecule has 0 unspecified atom stereocenters. The number of esters is 1. The number of halogens is 1. The van der Waals surface area contributed by atoms with Crippen LogP contribution < -0.4 is 10.3 Å². The second kappa shape index (κ2) is 8.38. The van der Waals surface area contributed by atoms with Crippen LogP contribution in [0.3, 0.4) is 0 Å². The molecular formula is C19H18FN3O5S2. The minimum absolute atomic E-state index is 0.103. The molecular weight excluding hydrogens is 433 g/mol. The lowest BCUT2D eigenvalue weighted by molar-refractivity contribution is 0.0602. The Morgan fingerprint density at radius 3 is 2.43 bits per heavy atom. The highest BCUT2D eigenvalue weighted by Crippen LogP contribution is 2.23. The van der Waals surface area contributed by atoms with Crippen LogP contribution in [0.15, 0.2) is 46.7 Å². The maximum Gasteiger partial charge on any atom is 0.349 e. The number of ether oxygens (including phenoxy) is 1. The van der Waals surface area contributed by atoms with Gasteiger partial charge in [0.05, 0.1) is 12.7 Å². The van der Waals surface area contributed by atoms with E-state index in [1.807, 2.05) is 4.83 Å². The number of hydrazine groups is 1. The Labute approximate surface area is 176 Å². The molecule has 0 aliphatic rings. The molecule has 1 amide bonds. The van der Waals surface area contributed by atoms with Crippen molar-refractivity contribution >= 4 is 33.2 Å². The van der Waals surface area contributed by atoms with Crippen LogP contribution in [-0.2, 0) is 14.8 Å². The Bertz CT molecular complexity index is 1210. The second-order valence-electron chi connectivity index (χ2n) is 6.26. The van der Waals surface area contributed by atoms with Gasteiger partial charge in [-0.05, 0) is 55.6 Å². The average molecular weight is 452 g/mol. The zero-order valence-electron chi connectivity index (χ0n) is 16.2. The number of nitrogens with zero attached hydrogens (tertiary/aromatic N) is 1. The van der Waals surface area contributed by atoms with E-state index in [0.29, 0.717) is 17.1 Å². The predicted octanol–water partition coefficient (Wildman–Crippen LogP) is 2.70. The quantitative estimate of drug-likeness (QED) is 0.443. The van der Waals surface area contributed by atoms with Gasteiger partial charge in [-0.25, -0.2) is 17.6 Å². The summed E-state index contributed by atoms with van der Waals surface area (Å²) in [5.74, 6) is -1.86. The minimum Gasteiger partial charge on any atom is -0.465 e. The Morgan fingerprint density at radius 1 is 1.13 bits per heavy atom. The minimum atomic E-state index is -4.20. The summed E-state index contributed by atoms with van der Waals surface area (Å²) in [6, 6.07) is 8.59. The third-order valence-electron chi connectivity index (χ3n) is 4.35. The summed E-state index contributed by atoms with van der Waals surface area (Å²) in [4.78, 5) is 25.9. The number of benzene rings is 1. The zero-order chi connectivity index (χ0) is 22.1. The fraction of sp³-hybridized carbons (Fsp3) is 0.158. The monoisotopic (exact) mass is 451 g/mol. The molecule has 0 atom stereocenters. The molecule has 2 heterocycles. The Hall–Kier alpha value is -3.02. The predicted molar refractivity (Wildman–Crippen MR) is 109 cm³/mol. The van der Waals surface area contributed by atoms with E-state index >= 15 is 0 Å². The van der Waals surface area contributed by atoms with Crippen molar-refractivity contribution < 1.29 is 27.1 Å². The number of methoxy groups -OCH3 is 1. The molecule has 0 fully saturated rings. The summed E-state index contributed by atoms with van der Waals surface area (Å²) in [6.07, 6.45) is 0. The van der Waals surface area contributed by atoms with Gasteiger partial charge in [-0.15, -0.1) is 16.2 Å². The van der Waals surface area contributed by atoms with Gasteiger partial charge < -0.3 is 9.30 Å². The van der Waals surface area contributed by atoms with Crippen molar-refractivity contribution in [3.05, 3.63) is 69.4 Å². The molecule has 11 heteroatoms. The highest BCUT2D eigenvalue weighted by molar-refractivity contribution is 7.89. The topological polar surface area (TPSA) is 106 Å². The van der Waals surface area contributed by atoms with Gasteiger partial charge >= 0.3 is 5.97 Å². The first-order valence-corrected chi connectivity index (χ1v) is 10.9. The van der Waals surface area contributed by atoms with Crippen molar-refractivity contribution in [1.82, 2.24) is 14.8 Å². The molecule has 30 heavy (non-hydrogen) atoms. The molecule has 3 aromatic rings. The van der Waals surface area contributed by atoms with E-state index < -0.39 is 21.9 Å². The van der Waals surface area contributed by atoms with Crippen LogP contribution in [0.5, 0.6) is 0 Å². The molecule has 2 N–H and O–H groups in total. The van der Waals surface area contributed by atoms with Crippen molar-refractivity contribution in [3.8, 4) is 5.69 Å². The van der Waals surface area contributed by atoms with E-state index in [1.54, 1.807) is 36.6 Å². The van der Waals surface area contributed by atoms with Crippen LogP contribution in [0.1, 0.15) is 31.4 Å². The molecule has 0 spiro atoms. The fourth-order valence-corrected chi connectivity index (χ4v) is 5.14. The highest BCUT2D eigenvalue weighted by Gasteiger charge is 2.26. The first-order chi connectivity index (χ1) is 14.2. The number of carbonyl (C=O) groups excluding carboxylic acids is 2. The van der Waals surface area contributed by atoms with Gasteiger partial charge in [-0.2, -0.15) is 0 Å². The Kier molecular flexibility index (Phi) is 6.06. The lowest BCUT2D eigenvalue weighted by atomic mass is 10.2. The summed E-state index contributed by atoms with van der Waals surface area (Å²) in [6.45, 7) is 3.46. The van der Waals surface area contributed by atoms with E-state index in [-0.39, 0.29) is 21.2 Å². The number of sulfonamides is 1. The fourth-order valence-electron chi connectivity index (χ4n) is 2.97. The SMILES string of the molecule is COC(=O)c1sccc1S(=O)(=O)NNC(=O)c1cc(C)n(-c2ccc(F)cc2)c1C. The number of aromatic nitrogens is 1. The summed E-state index contributed by atoms with van der Waals surface area (Å²) in [5.41, 5.74) is 4.30. The molecule has 0 aliphatic heterocycles. The number of amides is 1. The van der Waals surface area contributed by atoms with Crippen LogP contribution in [0.4, 0.5) is 4.39 Å². The smallest absolute Gasteiger partial charge is 0.349 e.